The lowest BCUT2D eigenvalue weighted by molar-refractivity contribution is 0.775. The molecule has 54 heavy (non-hydrogen) atoms. The fraction of sp³-hybridized carbons (Fsp3) is 0.0189. The van der Waals surface area contributed by atoms with Gasteiger partial charge in [0.25, 0.3) is 0 Å². The van der Waals surface area contributed by atoms with Crippen LogP contribution in [0, 0.1) is 0 Å². The molecule has 1 spiro atoms. The number of rotatable bonds is 4. The number of anilines is 3. The maximum atomic E-state index is 2.47. The first-order valence-corrected chi connectivity index (χ1v) is 18.8. The van der Waals surface area contributed by atoms with E-state index in [2.05, 4.69) is 217 Å². The van der Waals surface area contributed by atoms with Crippen molar-refractivity contribution in [3.05, 3.63) is 235 Å². The second-order valence-corrected chi connectivity index (χ2v) is 14.4. The van der Waals surface area contributed by atoms with Crippen LogP contribution in [-0.2, 0) is 5.41 Å². The second-order valence-electron chi connectivity index (χ2n) is 14.4. The summed E-state index contributed by atoms with van der Waals surface area (Å²) in [6.45, 7) is 0. The van der Waals surface area contributed by atoms with Crippen LogP contribution >= 0.6 is 0 Å². The molecule has 0 atom stereocenters. The minimum Gasteiger partial charge on any atom is -0.310 e. The molecule has 0 bridgehead atoms. The van der Waals surface area contributed by atoms with Gasteiger partial charge in [0.2, 0.25) is 0 Å². The molecule has 9 aromatic carbocycles. The van der Waals surface area contributed by atoms with E-state index in [0.29, 0.717) is 0 Å². The Bertz CT molecular complexity index is 2820. The van der Waals surface area contributed by atoms with Gasteiger partial charge in [0.05, 0.1) is 11.1 Å². The third kappa shape index (κ3) is 4.39. The highest BCUT2D eigenvalue weighted by molar-refractivity contribution is 6.02. The highest BCUT2D eigenvalue weighted by Crippen LogP contribution is 2.63. The molecule has 0 aromatic heterocycles. The van der Waals surface area contributed by atoms with E-state index in [9.17, 15) is 0 Å². The third-order valence-electron chi connectivity index (χ3n) is 11.7. The van der Waals surface area contributed by atoms with Crippen molar-refractivity contribution in [1.82, 2.24) is 0 Å². The van der Waals surface area contributed by atoms with Crippen LogP contribution < -0.4 is 4.90 Å². The molecule has 0 radical (unpaired) electrons. The zero-order valence-corrected chi connectivity index (χ0v) is 29.7. The van der Waals surface area contributed by atoms with Crippen molar-refractivity contribution in [2.45, 2.75) is 5.41 Å². The molecular weight excluding hydrogens is 651 g/mol. The Morgan fingerprint density at radius 3 is 1.44 bits per heavy atom. The molecule has 0 amide bonds. The van der Waals surface area contributed by atoms with Gasteiger partial charge in [0.15, 0.2) is 0 Å². The topological polar surface area (TPSA) is 3.24 Å². The van der Waals surface area contributed by atoms with Crippen molar-refractivity contribution in [3.63, 3.8) is 0 Å². The van der Waals surface area contributed by atoms with Gasteiger partial charge >= 0.3 is 0 Å². The summed E-state index contributed by atoms with van der Waals surface area (Å²) in [6, 6.07) is 78.5. The zero-order chi connectivity index (χ0) is 35.6. The maximum absolute atomic E-state index is 2.47. The van der Waals surface area contributed by atoms with Crippen molar-refractivity contribution < 1.29 is 0 Å². The summed E-state index contributed by atoms with van der Waals surface area (Å²) in [5.41, 5.74) is 18.2. The summed E-state index contributed by atoms with van der Waals surface area (Å²) in [6.07, 6.45) is 0. The summed E-state index contributed by atoms with van der Waals surface area (Å²) in [5, 5.41) is 2.45. The summed E-state index contributed by atoms with van der Waals surface area (Å²) in [5.74, 6) is 0. The molecule has 0 aliphatic heterocycles. The van der Waals surface area contributed by atoms with Gasteiger partial charge in [-0.05, 0) is 102 Å². The van der Waals surface area contributed by atoms with Gasteiger partial charge in [-0.25, -0.2) is 0 Å². The van der Waals surface area contributed by atoms with Crippen LogP contribution in [0.3, 0.4) is 0 Å². The number of nitrogens with zero attached hydrogens (tertiary/aromatic N) is 1. The van der Waals surface area contributed by atoms with Crippen molar-refractivity contribution >= 4 is 27.8 Å². The van der Waals surface area contributed by atoms with E-state index < -0.39 is 5.41 Å². The monoisotopic (exact) mass is 685 g/mol. The van der Waals surface area contributed by atoms with Gasteiger partial charge in [-0.2, -0.15) is 0 Å². The van der Waals surface area contributed by atoms with E-state index in [-0.39, 0.29) is 0 Å². The first-order chi connectivity index (χ1) is 26.8. The molecule has 9 aromatic rings. The third-order valence-corrected chi connectivity index (χ3v) is 11.7. The van der Waals surface area contributed by atoms with Gasteiger partial charge in [-0.15, -0.1) is 0 Å². The van der Waals surface area contributed by atoms with Crippen LogP contribution in [0.5, 0.6) is 0 Å². The lowest BCUT2D eigenvalue weighted by Crippen LogP contribution is -2.29. The molecule has 0 heterocycles. The van der Waals surface area contributed by atoms with Crippen LogP contribution in [0.2, 0.25) is 0 Å². The lowest BCUT2D eigenvalue weighted by atomic mass is 9.66. The van der Waals surface area contributed by atoms with Gasteiger partial charge in [-0.3, -0.25) is 0 Å². The Kier molecular flexibility index (Phi) is 6.84. The predicted molar refractivity (Wildman–Crippen MR) is 226 cm³/mol. The number of hydrogen-bond donors (Lipinski definition) is 0. The zero-order valence-electron chi connectivity index (χ0n) is 29.7. The minimum absolute atomic E-state index is 0.541. The van der Waals surface area contributed by atoms with Crippen molar-refractivity contribution in [1.29, 1.82) is 0 Å². The van der Waals surface area contributed by atoms with Gasteiger partial charge in [-0.1, -0.05) is 182 Å². The Morgan fingerprint density at radius 1 is 0.296 bits per heavy atom. The van der Waals surface area contributed by atoms with Gasteiger partial charge in [0.1, 0.15) is 0 Å². The number of hydrogen-bond acceptors (Lipinski definition) is 1. The van der Waals surface area contributed by atoms with Crippen LogP contribution in [0.15, 0.2) is 212 Å². The highest BCUT2D eigenvalue weighted by atomic mass is 15.1. The van der Waals surface area contributed by atoms with E-state index in [1.54, 1.807) is 0 Å². The summed E-state index contributed by atoms with van der Waals surface area (Å²) >= 11 is 0. The molecule has 11 rings (SSSR count). The van der Waals surface area contributed by atoms with Crippen molar-refractivity contribution in [2.75, 3.05) is 4.90 Å². The van der Waals surface area contributed by atoms with Crippen molar-refractivity contribution in [2.24, 2.45) is 0 Å². The molecule has 0 unspecified atom stereocenters. The van der Waals surface area contributed by atoms with Gasteiger partial charge in [0, 0.05) is 16.9 Å². The molecule has 2 aliphatic carbocycles. The predicted octanol–water partition coefficient (Wildman–Crippen LogP) is 14.0. The van der Waals surface area contributed by atoms with Crippen LogP contribution in [0.1, 0.15) is 22.3 Å². The Morgan fingerprint density at radius 2 is 0.778 bits per heavy atom. The van der Waals surface area contributed by atoms with Crippen LogP contribution in [0.25, 0.3) is 55.3 Å². The molecule has 252 valence electrons. The Labute approximate surface area is 316 Å². The minimum atomic E-state index is -0.541. The molecule has 0 saturated carbocycles. The highest BCUT2D eigenvalue weighted by Gasteiger charge is 2.50. The molecule has 1 heteroatoms. The molecule has 1 nitrogen and oxygen atoms in total. The standard InChI is InChI=1S/C53H35N/c1-2-15-36(16-3-1)38-29-32-40(33-30-38)54(41-34-31-37-17-4-5-18-39(37)35-41)51-28-14-27-50-52(51)46-23-10-13-26-49(46)53(50)47-24-11-8-21-44(47)42-19-6-7-20-43(42)45-22-9-12-25-48(45)53/h1-35H. The van der Waals surface area contributed by atoms with E-state index in [1.165, 1.54) is 77.5 Å². The lowest BCUT2D eigenvalue weighted by Gasteiger charge is -2.35. The van der Waals surface area contributed by atoms with Crippen LogP contribution in [-0.4, -0.2) is 0 Å². The normalized spacial score (nSPS) is 13.0. The summed E-state index contributed by atoms with van der Waals surface area (Å²) in [7, 11) is 0. The first kappa shape index (κ1) is 30.6. The van der Waals surface area contributed by atoms with E-state index >= 15 is 0 Å². The van der Waals surface area contributed by atoms with Crippen LogP contribution in [0.4, 0.5) is 17.1 Å². The summed E-state index contributed by atoms with van der Waals surface area (Å²) < 4.78 is 0. The molecular formula is C53H35N. The van der Waals surface area contributed by atoms with Gasteiger partial charge < -0.3 is 4.90 Å². The summed E-state index contributed by atoms with van der Waals surface area (Å²) in [4.78, 5) is 2.47. The maximum Gasteiger partial charge on any atom is 0.0726 e. The SMILES string of the molecule is c1ccc(-c2ccc(N(c3ccc4ccccc4c3)c3cccc4c3-c3ccccc3C43c4ccccc4-c4ccccc4-c4ccccc43)cc2)cc1. The fourth-order valence-corrected chi connectivity index (χ4v) is 9.44. The average Bonchev–Trinajstić information content (AvgIpc) is 3.50. The molecule has 0 saturated heterocycles. The number of fused-ring (bicyclic) bond motifs is 13. The van der Waals surface area contributed by atoms with E-state index in [1.807, 2.05) is 0 Å². The van der Waals surface area contributed by atoms with E-state index in [4.69, 9.17) is 0 Å². The van der Waals surface area contributed by atoms with Crippen molar-refractivity contribution in [3.8, 4) is 44.5 Å². The average molecular weight is 686 g/mol. The Balaban J connectivity index is 1.23. The Hall–Kier alpha value is -6.96. The van der Waals surface area contributed by atoms with E-state index in [0.717, 1.165) is 17.1 Å². The first-order valence-electron chi connectivity index (χ1n) is 18.8. The molecule has 0 fully saturated rings. The molecule has 2 aliphatic rings. The molecule has 0 N–H and O–H groups in total. The second kappa shape index (κ2) is 12.0. The smallest absolute Gasteiger partial charge is 0.0726 e. The number of benzene rings is 9. The fourth-order valence-electron chi connectivity index (χ4n) is 9.44. The largest absolute Gasteiger partial charge is 0.310 e. The quantitative estimate of drug-likeness (QED) is 0.178.